The van der Waals surface area contributed by atoms with Crippen molar-refractivity contribution in [2.45, 2.75) is 6.42 Å². The summed E-state index contributed by atoms with van der Waals surface area (Å²) in [7, 11) is 0. The van der Waals surface area contributed by atoms with Gasteiger partial charge in [-0.05, 0) is 12.1 Å². The third-order valence-electron chi connectivity index (χ3n) is 1.78. The molecule has 1 aromatic carbocycles. The van der Waals surface area contributed by atoms with Crippen LogP contribution in [0.2, 0.25) is 0 Å². The van der Waals surface area contributed by atoms with Crippen molar-refractivity contribution in [3.8, 4) is 0 Å². The molecule has 0 unspecified atom stereocenters. The molecule has 1 aliphatic carbocycles. The number of para-hydroxylation sites is 1. The maximum atomic E-state index is 10.6. The summed E-state index contributed by atoms with van der Waals surface area (Å²) in [6.45, 7) is 0. The predicted molar refractivity (Wildman–Crippen MR) is 47.8 cm³/mol. The number of hydrogen-bond acceptors (Lipinski definition) is 2. The van der Waals surface area contributed by atoms with Crippen LogP contribution >= 0.6 is 0 Å². The van der Waals surface area contributed by atoms with E-state index in [1.807, 2.05) is 30.3 Å². The van der Waals surface area contributed by atoms with Crippen LogP contribution < -0.4 is 5.32 Å². The van der Waals surface area contributed by atoms with Crippen LogP contribution in [0.15, 0.2) is 42.1 Å². The fourth-order valence-corrected chi connectivity index (χ4v) is 1.14. The smallest absolute Gasteiger partial charge is 0.163 e. The van der Waals surface area contributed by atoms with Crippen molar-refractivity contribution in [2.75, 3.05) is 5.32 Å². The largest absolute Gasteiger partial charge is 0.358 e. The van der Waals surface area contributed by atoms with E-state index in [-0.39, 0.29) is 5.78 Å². The molecule has 12 heavy (non-hydrogen) atoms. The average Bonchev–Trinajstić information content (AvgIpc) is 2.04. The summed E-state index contributed by atoms with van der Waals surface area (Å²) < 4.78 is 0. The number of carbonyl (C=O) groups is 1. The van der Waals surface area contributed by atoms with Gasteiger partial charge in [-0.3, -0.25) is 4.79 Å². The van der Waals surface area contributed by atoms with Crippen molar-refractivity contribution >= 4 is 11.5 Å². The van der Waals surface area contributed by atoms with E-state index in [0.29, 0.717) is 6.42 Å². The zero-order valence-corrected chi connectivity index (χ0v) is 6.58. The first-order valence-electron chi connectivity index (χ1n) is 3.90. The number of ketones is 1. The molecular weight excluding hydrogens is 150 g/mol. The Morgan fingerprint density at radius 1 is 1.17 bits per heavy atom. The van der Waals surface area contributed by atoms with Crippen LogP contribution in [0, 0.1) is 0 Å². The van der Waals surface area contributed by atoms with E-state index in [1.165, 1.54) is 0 Å². The molecule has 1 aromatic rings. The van der Waals surface area contributed by atoms with Crippen LogP contribution in [0.3, 0.4) is 0 Å². The summed E-state index contributed by atoms with van der Waals surface area (Å²) in [4.78, 5) is 10.6. The molecule has 0 heterocycles. The van der Waals surface area contributed by atoms with Crippen LogP contribution in [0.4, 0.5) is 5.69 Å². The first-order chi connectivity index (χ1) is 5.84. The highest BCUT2D eigenvalue weighted by Gasteiger charge is 2.14. The van der Waals surface area contributed by atoms with E-state index in [4.69, 9.17) is 0 Å². The average molecular weight is 159 g/mol. The summed E-state index contributed by atoms with van der Waals surface area (Å²) in [6.07, 6.45) is 2.18. The van der Waals surface area contributed by atoms with Crippen LogP contribution in [0.25, 0.3) is 0 Å². The Hall–Kier alpha value is -1.57. The molecule has 0 saturated carbocycles. The van der Waals surface area contributed by atoms with Crippen LogP contribution in [0.1, 0.15) is 6.42 Å². The first-order valence-corrected chi connectivity index (χ1v) is 3.90. The van der Waals surface area contributed by atoms with Gasteiger partial charge in [0, 0.05) is 17.5 Å². The normalized spacial score (nSPS) is 15.0. The van der Waals surface area contributed by atoms with Gasteiger partial charge in [-0.25, -0.2) is 0 Å². The SMILES string of the molecule is O=C1C=C(Nc2ccccc2)C1. The highest BCUT2D eigenvalue weighted by atomic mass is 16.1. The van der Waals surface area contributed by atoms with Gasteiger partial charge in [-0.15, -0.1) is 0 Å². The molecule has 0 atom stereocenters. The molecule has 2 nitrogen and oxygen atoms in total. The van der Waals surface area contributed by atoms with E-state index in [9.17, 15) is 4.79 Å². The summed E-state index contributed by atoms with van der Waals surface area (Å²) in [6, 6.07) is 9.84. The second kappa shape index (κ2) is 2.81. The Balaban J connectivity index is 2.06. The second-order valence-electron chi connectivity index (χ2n) is 2.80. The lowest BCUT2D eigenvalue weighted by molar-refractivity contribution is -0.115. The Labute approximate surface area is 70.9 Å². The maximum absolute atomic E-state index is 10.6. The van der Waals surface area contributed by atoms with Gasteiger partial charge in [0.1, 0.15) is 0 Å². The molecule has 0 fully saturated rings. The minimum absolute atomic E-state index is 0.202. The number of hydrogen-bond donors (Lipinski definition) is 1. The van der Waals surface area contributed by atoms with E-state index >= 15 is 0 Å². The Morgan fingerprint density at radius 3 is 2.42 bits per heavy atom. The quantitative estimate of drug-likeness (QED) is 0.714. The predicted octanol–water partition coefficient (Wildman–Crippen LogP) is 1.96. The van der Waals surface area contributed by atoms with Gasteiger partial charge in [0.15, 0.2) is 5.78 Å². The Morgan fingerprint density at radius 2 is 1.83 bits per heavy atom. The lowest BCUT2D eigenvalue weighted by Gasteiger charge is -2.15. The molecule has 0 spiro atoms. The van der Waals surface area contributed by atoms with E-state index in [0.717, 1.165) is 11.4 Å². The van der Waals surface area contributed by atoms with Gasteiger partial charge in [-0.1, -0.05) is 18.2 Å². The number of rotatable bonds is 2. The molecule has 1 N–H and O–H groups in total. The molecule has 0 bridgehead atoms. The molecule has 2 rings (SSSR count). The Kier molecular flexibility index (Phi) is 1.67. The van der Waals surface area contributed by atoms with Gasteiger partial charge in [0.25, 0.3) is 0 Å². The van der Waals surface area contributed by atoms with Gasteiger partial charge in [0.2, 0.25) is 0 Å². The molecule has 0 amide bonds. The zero-order chi connectivity index (χ0) is 8.39. The third-order valence-corrected chi connectivity index (χ3v) is 1.78. The van der Waals surface area contributed by atoms with Crippen molar-refractivity contribution < 1.29 is 4.79 Å². The fraction of sp³-hybridized carbons (Fsp3) is 0.100. The topological polar surface area (TPSA) is 29.1 Å². The van der Waals surface area contributed by atoms with Gasteiger partial charge in [-0.2, -0.15) is 0 Å². The minimum Gasteiger partial charge on any atom is -0.358 e. The van der Waals surface area contributed by atoms with Crippen LogP contribution in [0.5, 0.6) is 0 Å². The van der Waals surface area contributed by atoms with Crippen LogP contribution in [-0.4, -0.2) is 5.78 Å². The highest BCUT2D eigenvalue weighted by molar-refractivity contribution is 5.99. The fourth-order valence-electron chi connectivity index (χ4n) is 1.14. The molecular formula is C10H9NO. The lowest BCUT2D eigenvalue weighted by Crippen LogP contribution is -2.14. The number of benzene rings is 1. The second-order valence-corrected chi connectivity index (χ2v) is 2.80. The van der Waals surface area contributed by atoms with E-state index in [1.54, 1.807) is 6.08 Å². The van der Waals surface area contributed by atoms with Crippen molar-refractivity contribution in [2.24, 2.45) is 0 Å². The molecule has 0 saturated heterocycles. The summed E-state index contributed by atoms with van der Waals surface area (Å²) in [5, 5.41) is 3.15. The highest BCUT2D eigenvalue weighted by Crippen LogP contribution is 2.17. The summed E-state index contributed by atoms with van der Waals surface area (Å²) in [5.41, 5.74) is 2.04. The number of allylic oxidation sites excluding steroid dienone is 2. The van der Waals surface area contributed by atoms with Gasteiger partial charge >= 0.3 is 0 Å². The Bertz CT molecular complexity index is 327. The van der Waals surface area contributed by atoms with E-state index < -0.39 is 0 Å². The minimum atomic E-state index is 0.202. The van der Waals surface area contributed by atoms with Crippen molar-refractivity contribution in [3.05, 3.63) is 42.1 Å². The lowest BCUT2D eigenvalue weighted by atomic mass is 10.0. The molecule has 1 aliphatic rings. The van der Waals surface area contributed by atoms with Crippen molar-refractivity contribution in [1.82, 2.24) is 0 Å². The monoisotopic (exact) mass is 159 g/mol. The maximum Gasteiger partial charge on any atom is 0.163 e. The third kappa shape index (κ3) is 1.37. The van der Waals surface area contributed by atoms with E-state index in [2.05, 4.69) is 5.32 Å². The molecule has 0 aliphatic heterocycles. The van der Waals surface area contributed by atoms with Gasteiger partial charge in [0.05, 0.1) is 6.42 Å². The molecule has 2 heteroatoms. The van der Waals surface area contributed by atoms with Crippen LogP contribution in [-0.2, 0) is 4.79 Å². The molecule has 0 aromatic heterocycles. The van der Waals surface area contributed by atoms with Gasteiger partial charge < -0.3 is 5.32 Å². The zero-order valence-electron chi connectivity index (χ0n) is 6.58. The number of nitrogens with one attached hydrogen (secondary N) is 1. The van der Waals surface area contributed by atoms with Crippen molar-refractivity contribution in [1.29, 1.82) is 0 Å². The summed E-state index contributed by atoms with van der Waals surface area (Å²) >= 11 is 0. The number of carbonyl (C=O) groups excluding carboxylic acids is 1. The first kappa shape index (κ1) is 7.10. The molecule has 60 valence electrons. The molecule has 0 radical (unpaired) electrons. The standard InChI is InChI=1S/C10H9NO/c12-10-6-9(7-10)11-8-4-2-1-3-5-8/h1-6,11H,7H2. The van der Waals surface area contributed by atoms with Crippen molar-refractivity contribution in [3.63, 3.8) is 0 Å². The number of anilines is 1. The summed E-state index contributed by atoms with van der Waals surface area (Å²) in [5.74, 6) is 0.202.